The molecular weight excluding hydrogens is 684 g/mol. The number of amides is 4. The molecule has 0 saturated heterocycles. The summed E-state index contributed by atoms with van der Waals surface area (Å²) in [6.07, 6.45) is 10.7. The number of carbonyl (C=O) groups is 4. The van der Waals surface area contributed by atoms with Gasteiger partial charge in [-0.3, -0.25) is 29.8 Å². The molecule has 2 N–H and O–H groups in total. The predicted molar refractivity (Wildman–Crippen MR) is 178 cm³/mol. The highest BCUT2D eigenvalue weighted by atomic mass is 79.9. The maximum absolute atomic E-state index is 14.0. The SMILES string of the molecule is O=C1NC(=O)c2cc(Br)c3c4cc(C5CCCCC5)c5c6c(c(C7CCCCC7)c(Br)c(c7ccc1c2c73)c64)C(=O)NC5=O. The smallest absolute Gasteiger partial charge is 0.259 e. The number of fused-ring (bicyclic) bond motifs is 2. The zero-order valence-electron chi connectivity index (χ0n) is 23.9. The third-order valence-corrected chi connectivity index (χ3v) is 12.3. The topological polar surface area (TPSA) is 92.3 Å². The van der Waals surface area contributed by atoms with Crippen molar-refractivity contribution in [2.24, 2.45) is 0 Å². The number of halogens is 2. The molecule has 9 rings (SSSR count). The van der Waals surface area contributed by atoms with Crippen molar-refractivity contribution in [3.63, 3.8) is 0 Å². The van der Waals surface area contributed by atoms with E-state index in [2.05, 4.69) is 48.6 Å². The Morgan fingerprint density at radius 1 is 0.545 bits per heavy atom. The van der Waals surface area contributed by atoms with Gasteiger partial charge in [-0.2, -0.15) is 0 Å². The van der Waals surface area contributed by atoms with Crippen LogP contribution in [0.2, 0.25) is 0 Å². The second kappa shape index (κ2) is 9.57. The van der Waals surface area contributed by atoms with Crippen LogP contribution in [0, 0.1) is 0 Å². The predicted octanol–water partition coefficient (Wildman–Crippen LogP) is 9.12. The molecule has 4 aliphatic rings. The van der Waals surface area contributed by atoms with Crippen molar-refractivity contribution >= 4 is 98.6 Å². The summed E-state index contributed by atoms with van der Waals surface area (Å²) in [6, 6.07) is 7.78. The molecule has 5 aromatic rings. The van der Waals surface area contributed by atoms with Crippen molar-refractivity contribution in [2.75, 3.05) is 0 Å². The van der Waals surface area contributed by atoms with Gasteiger partial charge in [-0.25, -0.2) is 0 Å². The van der Waals surface area contributed by atoms with Crippen LogP contribution in [-0.4, -0.2) is 23.6 Å². The van der Waals surface area contributed by atoms with E-state index < -0.39 is 11.8 Å². The summed E-state index contributed by atoms with van der Waals surface area (Å²) >= 11 is 7.88. The van der Waals surface area contributed by atoms with Gasteiger partial charge in [0.2, 0.25) is 0 Å². The van der Waals surface area contributed by atoms with Crippen LogP contribution in [0.4, 0.5) is 0 Å². The monoisotopic (exact) mass is 710 g/mol. The third kappa shape index (κ3) is 3.47. The van der Waals surface area contributed by atoms with E-state index in [0.29, 0.717) is 27.6 Å². The zero-order valence-corrected chi connectivity index (χ0v) is 27.1. The van der Waals surface area contributed by atoms with Gasteiger partial charge in [-0.05, 0) is 93.5 Å². The van der Waals surface area contributed by atoms with Crippen LogP contribution in [0.3, 0.4) is 0 Å². The first-order chi connectivity index (χ1) is 21.3. The van der Waals surface area contributed by atoms with E-state index in [-0.39, 0.29) is 23.7 Å². The van der Waals surface area contributed by atoms with Gasteiger partial charge in [0.25, 0.3) is 23.6 Å². The normalized spacial score (nSPS) is 19.5. The standard InChI is InChI=1S/C36H28Br2N2O4/c37-22-14-21-24-18(33(41)39-34(21)42)12-11-17-26(24)25(22)20-13-19(15-7-3-1-4-8-15)29-30-27(20)28(17)32(38)23(16-9-5-2-6-10-16)31(30)36(44)40-35(29)43/h11-16H,1-10H2,(H,39,41,42)(H,40,43,44). The lowest BCUT2D eigenvalue weighted by Gasteiger charge is -2.33. The van der Waals surface area contributed by atoms with Gasteiger partial charge in [-0.1, -0.05) is 60.5 Å². The molecule has 2 heterocycles. The lowest BCUT2D eigenvalue weighted by Crippen LogP contribution is -2.37. The fraction of sp³-hybridized carbons (Fsp3) is 0.333. The van der Waals surface area contributed by atoms with Crippen LogP contribution in [-0.2, 0) is 0 Å². The highest BCUT2D eigenvalue weighted by molar-refractivity contribution is 9.11. The molecule has 2 fully saturated rings. The van der Waals surface area contributed by atoms with Gasteiger partial charge in [-0.15, -0.1) is 0 Å². The number of carbonyl (C=O) groups excluding carboxylic acids is 4. The molecule has 2 saturated carbocycles. The Labute approximate surface area is 269 Å². The number of hydrogen-bond acceptors (Lipinski definition) is 4. The first kappa shape index (κ1) is 27.0. The fourth-order valence-corrected chi connectivity index (χ4v) is 10.6. The van der Waals surface area contributed by atoms with Crippen molar-refractivity contribution < 1.29 is 19.2 Å². The van der Waals surface area contributed by atoms with Crippen LogP contribution in [0.15, 0.2) is 33.2 Å². The number of nitrogens with one attached hydrogen (secondary N) is 2. The van der Waals surface area contributed by atoms with E-state index in [1.807, 2.05) is 12.1 Å². The van der Waals surface area contributed by atoms with Gasteiger partial charge in [0, 0.05) is 52.4 Å². The van der Waals surface area contributed by atoms with Crippen LogP contribution in [0.25, 0.3) is 43.1 Å². The summed E-state index contributed by atoms with van der Waals surface area (Å²) in [5.41, 5.74) is 4.22. The third-order valence-electron chi connectivity index (χ3n) is 10.8. The van der Waals surface area contributed by atoms with Crippen molar-refractivity contribution in [3.8, 4) is 0 Å². The van der Waals surface area contributed by atoms with Crippen molar-refractivity contribution in [1.29, 1.82) is 0 Å². The molecule has 0 radical (unpaired) electrons. The largest absolute Gasteiger partial charge is 0.288 e. The molecule has 0 aromatic heterocycles. The molecule has 8 heteroatoms. The maximum atomic E-state index is 14.0. The van der Waals surface area contributed by atoms with Crippen LogP contribution < -0.4 is 10.6 Å². The second-order valence-corrected chi connectivity index (χ2v) is 14.7. The Kier molecular flexibility index (Phi) is 5.87. The van der Waals surface area contributed by atoms with E-state index in [1.165, 1.54) is 12.8 Å². The molecule has 5 aromatic carbocycles. The van der Waals surface area contributed by atoms with Gasteiger partial charge >= 0.3 is 0 Å². The van der Waals surface area contributed by atoms with Crippen molar-refractivity contribution in [1.82, 2.24) is 10.6 Å². The number of hydrogen-bond donors (Lipinski definition) is 2. The van der Waals surface area contributed by atoms with Gasteiger partial charge < -0.3 is 0 Å². The minimum absolute atomic E-state index is 0.183. The molecule has 0 unspecified atom stereocenters. The second-order valence-electron chi connectivity index (χ2n) is 13.0. The van der Waals surface area contributed by atoms with Crippen LogP contribution in [0.5, 0.6) is 0 Å². The minimum Gasteiger partial charge on any atom is -0.288 e. The summed E-state index contributed by atoms with van der Waals surface area (Å²) in [5, 5.41) is 12.1. The Morgan fingerprint density at radius 3 is 1.89 bits per heavy atom. The molecule has 220 valence electrons. The summed E-state index contributed by atoms with van der Waals surface area (Å²) < 4.78 is 1.63. The molecule has 0 bridgehead atoms. The average Bonchev–Trinajstić information content (AvgIpc) is 3.03. The Morgan fingerprint density at radius 2 is 1.16 bits per heavy atom. The highest BCUT2D eigenvalue weighted by Gasteiger charge is 2.39. The van der Waals surface area contributed by atoms with Gasteiger partial charge in [0.1, 0.15) is 0 Å². The number of benzene rings is 5. The minimum atomic E-state index is -0.407. The summed E-state index contributed by atoms with van der Waals surface area (Å²) in [6.45, 7) is 0. The van der Waals surface area contributed by atoms with Crippen LogP contribution in [0.1, 0.15) is 129 Å². The summed E-state index contributed by atoms with van der Waals surface area (Å²) in [7, 11) is 0. The van der Waals surface area contributed by atoms with E-state index in [9.17, 15) is 19.2 Å². The zero-order chi connectivity index (χ0) is 30.0. The molecule has 0 spiro atoms. The van der Waals surface area contributed by atoms with E-state index in [1.54, 1.807) is 6.07 Å². The lowest BCUT2D eigenvalue weighted by molar-refractivity contribution is 0.0827. The fourth-order valence-electron chi connectivity index (χ4n) is 8.98. The van der Waals surface area contributed by atoms with E-state index >= 15 is 0 Å². The number of rotatable bonds is 2. The first-order valence-electron chi connectivity index (χ1n) is 15.7. The van der Waals surface area contributed by atoms with Crippen molar-refractivity contribution in [3.05, 3.63) is 66.6 Å². The summed E-state index contributed by atoms with van der Waals surface area (Å²) in [5.74, 6) is -1.04. The maximum Gasteiger partial charge on any atom is 0.259 e. The molecular formula is C36H28Br2N2O4. The molecule has 6 nitrogen and oxygen atoms in total. The van der Waals surface area contributed by atoms with Gasteiger partial charge in [0.15, 0.2) is 0 Å². The van der Waals surface area contributed by atoms with E-state index in [0.717, 1.165) is 109 Å². The first-order valence-corrected chi connectivity index (χ1v) is 17.3. The van der Waals surface area contributed by atoms with Crippen molar-refractivity contribution in [2.45, 2.75) is 76.0 Å². The Hall–Kier alpha value is -3.36. The molecule has 2 aliphatic carbocycles. The quantitative estimate of drug-likeness (QED) is 0.109. The molecule has 4 amide bonds. The Balaban J connectivity index is 1.58. The lowest BCUT2D eigenvalue weighted by atomic mass is 9.73. The van der Waals surface area contributed by atoms with E-state index in [4.69, 9.17) is 0 Å². The molecule has 0 atom stereocenters. The van der Waals surface area contributed by atoms with Gasteiger partial charge in [0.05, 0.1) is 11.1 Å². The highest BCUT2D eigenvalue weighted by Crippen LogP contribution is 2.54. The van der Waals surface area contributed by atoms with Crippen LogP contribution >= 0.6 is 31.9 Å². The molecule has 2 aliphatic heterocycles. The Bertz CT molecular complexity index is 2190. The average molecular weight is 712 g/mol. The summed E-state index contributed by atoms with van der Waals surface area (Å²) in [4.78, 5) is 54.2. The molecule has 44 heavy (non-hydrogen) atoms. The number of imide groups is 2.